The molecule has 0 saturated heterocycles. The highest BCUT2D eigenvalue weighted by Gasteiger charge is 2.14. The highest BCUT2D eigenvalue weighted by molar-refractivity contribution is 5.76. The van der Waals surface area contributed by atoms with E-state index in [-0.39, 0.29) is 5.91 Å². The molecule has 0 aliphatic carbocycles. The van der Waals surface area contributed by atoms with Gasteiger partial charge in [-0.15, -0.1) is 0 Å². The lowest BCUT2D eigenvalue weighted by molar-refractivity contribution is -0.130. The van der Waals surface area contributed by atoms with Crippen LogP contribution >= 0.6 is 0 Å². The molecule has 6 nitrogen and oxygen atoms in total. The Hall–Kier alpha value is -3.80. The summed E-state index contributed by atoms with van der Waals surface area (Å²) in [5, 5.41) is 3.96. The van der Waals surface area contributed by atoms with Crippen LogP contribution in [0.25, 0.3) is 22.5 Å². The molecule has 6 heteroatoms. The van der Waals surface area contributed by atoms with Gasteiger partial charge in [-0.25, -0.2) is 0 Å². The van der Waals surface area contributed by atoms with Crippen LogP contribution in [0.15, 0.2) is 83.6 Å². The molecule has 0 aliphatic heterocycles. The molecule has 0 fully saturated rings. The second-order valence-corrected chi connectivity index (χ2v) is 7.07. The summed E-state index contributed by atoms with van der Waals surface area (Å²) in [6.07, 6.45) is 4.08. The minimum atomic E-state index is 0.0308. The maximum absolute atomic E-state index is 12.5. The lowest BCUT2D eigenvalue weighted by Crippen LogP contribution is -2.26. The molecule has 0 atom stereocenters. The van der Waals surface area contributed by atoms with Crippen molar-refractivity contribution in [3.8, 4) is 22.5 Å². The first kappa shape index (κ1) is 19.5. The Bertz CT molecular complexity index is 1090. The minimum absolute atomic E-state index is 0.0308. The second-order valence-electron chi connectivity index (χ2n) is 7.07. The smallest absolute Gasteiger partial charge is 0.227 e. The maximum Gasteiger partial charge on any atom is 0.227 e. The highest BCUT2D eigenvalue weighted by Crippen LogP contribution is 2.20. The highest BCUT2D eigenvalue weighted by atomic mass is 16.5. The zero-order valence-corrected chi connectivity index (χ0v) is 16.7. The minimum Gasteiger partial charge on any atom is -0.341 e. The number of amides is 1. The van der Waals surface area contributed by atoms with Crippen molar-refractivity contribution in [2.45, 2.75) is 19.4 Å². The van der Waals surface area contributed by atoms with Crippen molar-refractivity contribution in [2.75, 3.05) is 7.05 Å². The van der Waals surface area contributed by atoms with Gasteiger partial charge in [0.15, 0.2) is 0 Å². The molecule has 30 heavy (non-hydrogen) atoms. The molecule has 0 aliphatic rings. The summed E-state index contributed by atoms with van der Waals surface area (Å²) < 4.78 is 5.26. The van der Waals surface area contributed by atoms with Crippen LogP contribution in [0.2, 0.25) is 0 Å². The fourth-order valence-electron chi connectivity index (χ4n) is 3.17. The van der Waals surface area contributed by atoms with E-state index in [9.17, 15) is 4.79 Å². The quantitative estimate of drug-likeness (QED) is 0.462. The molecule has 0 N–H and O–H groups in total. The molecule has 150 valence electrons. The molecule has 2 aromatic carbocycles. The second kappa shape index (κ2) is 9.13. The molecule has 0 unspecified atom stereocenters. The van der Waals surface area contributed by atoms with Crippen molar-refractivity contribution in [1.82, 2.24) is 20.0 Å². The van der Waals surface area contributed by atoms with Crippen molar-refractivity contribution < 1.29 is 9.32 Å². The summed E-state index contributed by atoms with van der Waals surface area (Å²) in [5.41, 5.74) is 4.21. The molecule has 4 rings (SSSR count). The van der Waals surface area contributed by atoms with Crippen molar-refractivity contribution in [3.63, 3.8) is 0 Å². The molecule has 0 spiro atoms. The van der Waals surface area contributed by atoms with Gasteiger partial charge in [-0.3, -0.25) is 9.78 Å². The molecule has 0 bridgehead atoms. The van der Waals surface area contributed by atoms with Gasteiger partial charge in [-0.2, -0.15) is 4.98 Å². The number of carbonyl (C=O) groups excluding carboxylic acids is 1. The van der Waals surface area contributed by atoms with Gasteiger partial charge in [0.1, 0.15) is 0 Å². The number of nitrogens with zero attached hydrogens (tertiary/aromatic N) is 4. The first-order chi connectivity index (χ1) is 14.7. The number of aryl methyl sites for hydroxylation is 1. The van der Waals surface area contributed by atoms with E-state index in [4.69, 9.17) is 4.52 Å². The van der Waals surface area contributed by atoms with E-state index in [1.165, 1.54) is 5.56 Å². The zero-order chi connectivity index (χ0) is 20.8. The molecular formula is C24H22N4O2. The average Bonchev–Trinajstić information content (AvgIpc) is 3.28. The normalized spacial score (nSPS) is 10.7. The Labute approximate surface area is 175 Å². The Kier molecular flexibility index (Phi) is 5.94. The number of pyridine rings is 1. The summed E-state index contributed by atoms with van der Waals surface area (Å²) in [6, 6.07) is 22.2. The molecule has 1 amide bonds. The van der Waals surface area contributed by atoms with Gasteiger partial charge in [0, 0.05) is 44.4 Å². The fraction of sp³-hybridized carbons (Fsp3) is 0.167. The van der Waals surface area contributed by atoms with Crippen LogP contribution in [-0.4, -0.2) is 33.0 Å². The van der Waals surface area contributed by atoms with Crippen LogP contribution < -0.4 is 0 Å². The zero-order valence-electron chi connectivity index (χ0n) is 16.7. The predicted octanol–water partition coefficient (Wildman–Crippen LogP) is 4.39. The van der Waals surface area contributed by atoms with Crippen molar-refractivity contribution in [1.29, 1.82) is 0 Å². The number of carbonyl (C=O) groups is 1. The standard InChI is InChI=1S/C24H22N4O2/c1-28(17-18-9-11-20(12-10-18)19-6-3-2-4-7-19)23(29)14-13-22-26-24(27-30-22)21-8-5-15-25-16-21/h2-12,15-16H,13-14,17H2,1H3. The van der Waals surface area contributed by atoms with E-state index in [2.05, 4.69) is 51.5 Å². The topological polar surface area (TPSA) is 72.1 Å². The predicted molar refractivity (Wildman–Crippen MR) is 114 cm³/mol. The third-order valence-corrected chi connectivity index (χ3v) is 4.85. The van der Waals surface area contributed by atoms with Crippen molar-refractivity contribution in [2.24, 2.45) is 0 Å². The van der Waals surface area contributed by atoms with E-state index in [1.54, 1.807) is 17.3 Å². The van der Waals surface area contributed by atoms with Gasteiger partial charge in [-0.1, -0.05) is 59.8 Å². The fourth-order valence-corrected chi connectivity index (χ4v) is 3.17. The van der Waals surface area contributed by atoms with Crippen LogP contribution in [0, 0.1) is 0 Å². The first-order valence-corrected chi connectivity index (χ1v) is 9.80. The summed E-state index contributed by atoms with van der Waals surface area (Å²) in [7, 11) is 1.81. The lowest BCUT2D eigenvalue weighted by atomic mass is 10.0. The Morgan fingerprint density at radius 1 is 0.933 bits per heavy atom. The number of hydrogen-bond donors (Lipinski definition) is 0. The lowest BCUT2D eigenvalue weighted by Gasteiger charge is -2.17. The Balaban J connectivity index is 1.30. The summed E-state index contributed by atoms with van der Waals surface area (Å²) in [4.78, 5) is 22.6. The number of aromatic nitrogens is 3. The monoisotopic (exact) mass is 398 g/mol. The molecule has 0 saturated carbocycles. The van der Waals surface area contributed by atoms with Gasteiger partial charge in [0.05, 0.1) is 0 Å². The molecule has 2 aromatic heterocycles. The number of benzene rings is 2. The van der Waals surface area contributed by atoms with E-state index in [1.807, 2.05) is 37.4 Å². The van der Waals surface area contributed by atoms with Crippen LogP contribution in [0.4, 0.5) is 0 Å². The van der Waals surface area contributed by atoms with Gasteiger partial charge in [0.2, 0.25) is 17.6 Å². The van der Waals surface area contributed by atoms with Crippen molar-refractivity contribution >= 4 is 5.91 Å². The van der Waals surface area contributed by atoms with Crippen molar-refractivity contribution in [3.05, 3.63) is 90.6 Å². The van der Waals surface area contributed by atoms with E-state index in [0.29, 0.717) is 31.1 Å². The van der Waals surface area contributed by atoms with Crippen LogP contribution in [0.3, 0.4) is 0 Å². The number of hydrogen-bond acceptors (Lipinski definition) is 5. The first-order valence-electron chi connectivity index (χ1n) is 9.80. The van der Waals surface area contributed by atoms with Gasteiger partial charge in [-0.05, 0) is 28.8 Å². The summed E-state index contributed by atoms with van der Waals surface area (Å²) in [5.74, 6) is 0.962. The van der Waals surface area contributed by atoms with E-state index in [0.717, 1.165) is 16.7 Å². The summed E-state index contributed by atoms with van der Waals surface area (Å²) >= 11 is 0. The largest absolute Gasteiger partial charge is 0.341 e. The van der Waals surface area contributed by atoms with Crippen LogP contribution in [0.5, 0.6) is 0 Å². The third kappa shape index (κ3) is 4.78. The average molecular weight is 398 g/mol. The van der Waals surface area contributed by atoms with E-state index >= 15 is 0 Å². The van der Waals surface area contributed by atoms with Gasteiger partial charge in [0.25, 0.3) is 0 Å². The molecule has 0 radical (unpaired) electrons. The number of rotatable bonds is 7. The molecular weight excluding hydrogens is 376 g/mol. The van der Waals surface area contributed by atoms with Gasteiger partial charge < -0.3 is 9.42 Å². The van der Waals surface area contributed by atoms with Gasteiger partial charge >= 0.3 is 0 Å². The van der Waals surface area contributed by atoms with Crippen LogP contribution in [0.1, 0.15) is 17.9 Å². The Morgan fingerprint density at radius 3 is 2.40 bits per heavy atom. The Morgan fingerprint density at radius 2 is 1.67 bits per heavy atom. The molecule has 2 heterocycles. The van der Waals surface area contributed by atoms with Crippen LogP contribution in [-0.2, 0) is 17.8 Å². The molecule has 4 aromatic rings. The summed E-state index contributed by atoms with van der Waals surface area (Å²) in [6.45, 7) is 0.554. The SMILES string of the molecule is CN(Cc1ccc(-c2ccccc2)cc1)C(=O)CCc1nc(-c2cccnc2)no1. The third-order valence-electron chi connectivity index (χ3n) is 4.85. The van der Waals surface area contributed by atoms with E-state index < -0.39 is 0 Å². The maximum atomic E-state index is 12.5.